The highest BCUT2D eigenvalue weighted by Gasteiger charge is 2.45. The Kier molecular flexibility index (Phi) is 6.25. The molecule has 1 aliphatic carbocycles. The third-order valence-corrected chi connectivity index (χ3v) is 9.82. The van der Waals surface area contributed by atoms with Gasteiger partial charge in [-0.15, -0.1) is 0 Å². The number of imidazole rings is 1. The smallest absolute Gasteiger partial charge is 0.127 e. The summed E-state index contributed by atoms with van der Waals surface area (Å²) in [6, 6.07) is 12.3. The molecule has 6 rings (SSSR count). The van der Waals surface area contributed by atoms with E-state index in [4.69, 9.17) is 4.98 Å². The average Bonchev–Trinajstić information content (AvgIpc) is 3.50. The maximum absolute atomic E-state index is 5.20. The van der Waals surface area contributed by atoms with Gasteiger partial charge in [0.25, 0.3) is 0 Å². The molecule has 1 aromatic heterocycles. The number of benzene rings is 1. The third-order valence-electron chi connectivity index (χ3n) is 9.82. The van der Waals surface area contributed by atoms with Gasteiger partial charge in [-0.3, -0.25) is 4.90 Å². The van der Waals surface area contributed by atoms with Gasteiger partial charge in [-0.1, -0.05) is 45.2 Å². The van der Waals surface area contributed by atoms with Crippen molar-refractivity contribution in [1.29, 1.82) is 0 Å². The summed E-state index contributed by atoms with van der Waals surface area (Å²) in [4.78, 5) is 8.28. The van der Waals surface area contributed by atoms with Crippen molar-refractivity contribution < 1.29 is 0 Å². The van der Waals surface area contributed by atoms with E-state index in [1.165, 1.54) is 93.9 Å². The van der Waals surface area contributed by atoms with Crippen LogP contribution in [0.15, 0.2) is 24.3 Å². The van der Waals surface area contributed by atoms with E-state index in [0.29, 0.717) is 12.1 Å². The van der Waals surface area contributed by atoms with Gasteiger partial charge in [0.15, 0.2) is 0 Å². The molecule has 1 aromatic carbocycles. The molecule has 4 heteroatoms. The molecule has 33 heavy (non-hydrogen) atoms. The SMILES string of the molecule is CCC1CC(CC)CC(N2C3CCCC2CC(n2c(C4CCCN4)nc4ccccc42)C3)C1. The first-order chi connectivity index (χ1) is 16.2. The van der Waals surface area contributed by atoms with Gasteiger partial charge in [-0.2, -0.15) is 0 Å². The Morgan fingerprint density at radius 2 is 1.55 bits per heavy atom. The molecule has 0 radical (unpaired) electrons. The van der Waals surface area contributed by atoms with E-state index < -0.39 is 0 Å². The van der Waals surface area contributed by atoms with Gasteiger partial charge in [0.1, 0.15) is 5.82 Å². The minimum Gasteiger partial charge on any atom is -0.323 e. The molecule has 1 N–H and O–H groups in total. The summed E-state index contributed by atoms with van der Waals surface area (Å²) in [5.74, 6) is 3.22. The van der Waals surface area contributed by atoms with Crippen LogP contribution in [0.3, 0.4) is 0 Å². The number of hydrogen-bond acceptors (Lipinski definition) is 3. The first-order valence-corrected chi connectivity index (χ1v) is 14.2. The number of aromatic nitrogens is 2. The van der Waals surface area contributed by atoms with Gasteiger partial charge in [0.2, 0.25) is 0 Å². The fourth-order valence-electron chi connectivity index (χ4n) is 8.23. The molecule has 5 unspecified atom stereocenters. The Labute approximate surface area is 200 Å². The van der Waals surface area contributed by atoms with Crippen LogP contribution in [0.5, 0.6) is 0 Å². The van der Waals surface area contributed by atoms with E-state index >= 15 is 0 Å². The lowest BCUT2D eigenvalue weighted by atomic mass is 9.72. The van der Waals surface area contributed by atoms with Crippen molar-refractivity contribution in [2.75, 3.05) is 6.54 Å². The summed E-state index contributed by atoms with van der Waals surface area (Å²) in [6.45, 7) is 5.99. The van der Waals surface area contributed by atoms with E-state index in [1.807, 2.05) is 0 Å². The third kappa shape index (κ3) is 4.05. The zero-order valence-electron chi connectivity index (χ0n) is 20.9. The molecule has 3 saturated heterocycles. The molecule has 3 aliphatic heterocycles. The van der Waals surface area contributed by atoms with Crippen LogP contribution in [0.4, 0.5) is 0 Å². The predicted molar refractivity (Wildman–Crippen MR) is 136 cm³/mol. The molecule has 2 bridgehead atoms. The molecule has 0 amide bonds. The fraction of sp³-hybridized carbons (Fsp3) is 0.759. The molecule has 1 saturated carbocycles. The van der Waals surface area contributed by atoms with Crippen LogP contribution >= 0.6 is 0 Å². The van der Waals surface area contributed by atoms with Crippen molar-refractivity contribution in [3.63, 3.8) is 0 Å². The summed E-state index contributed by atoms with van der Waals surface area (Å²) in [5, 5.41) is 3.75. The number of hydrogen-bond donors (Lipinski definition) is 1. The van der Waals surface area contributed by atoms with Crippen molar-refractivity contribution in [2.24, 2.45) is 11.8 Å². The van der Waals surface area contributed by atoms with E-state index in [1.54, 1.807) is 0 Å². The largest absolute Gasteiger partial charge is 0.323 e. The number of rotatable bonds is 5. The standard InChI is InChI=1S/C29H44N4/c1-3-20-15-21(4-2)17-24(16-20)32-22-9-7-10-23(32)19-25(18-22)33-28-13-6-5-11-26(28)31-29(33)27-12-8-14-30-27/h5-6,11,13,20-25,27,30H,3-4,7-10,12,14-19H2,1-2H3. The van der Waals surface area contributed by atoms with E-state index in [0.717, 1.165) is 36.5 Å². The fourth-order valence-corrected chi connectivity index (χ4v) is 8.23. The zero-order chi connectivity index (χ0) is 22.4. The normalized spacial score (nSPS) is 37.6. The molecular weight excluding hydrogens is 404 g/mol. The van der Waals surface area contributed by atoms with Gasteiger partial charge < -0.3 is 9.88 Å². The first kappa shape index (κ1) is 22.1. The average molecular weight is 449 g/mol. The Balaban J connectivity index is 1.30. The molecule has 4 nitrogen and oxygen atoms in total. The maximum atomic E-state index is 5.20. The lowest BCUT2D eigenvalue weighted by molar-refractivity contribution is -0.0431. The summed E-state index contributed by atoms with van der Waals surface area (Å²) in [5.41, 5.74) is 2.56. The predicted octanol–water partition coefficient (Wildman–Crippen LogP) is 6.62. The van der Waals surface area contributed by atoms with E-state index in [-0.39, 0.29) is 0 Å². The molecule has 4 aliphatic rings. The topological polar surface area (TPSA) is 33.1 Å². The van der Waals surface area contributed by atoms with Crippen LogP contribution in [0.2, 0.25) is 0 Å². The van der Waals surface area contributed by atoms with Crippen LogP contribution in [0, 0.1) is 11.8 Å². The molecule has 2 aromatic rings. The van der Waals surface area contributed by atoms with Crippen LogP contribution < -0.4 is 5.32 Å². The second-order valence-electron chi connectivity index (χ2n) is 11.7. The van der Waals surface area contributed by atoms with Gasteiger partial charge in [-0.25, -0.2) is 4.98 Å². The Morgan fingerprint density at radius 3 is 2.21 bits per heavy atom. The Hall–Kier alpha value is -1.39. The zero-order valence-corrected chi connectivity index (χ0v) is 20.9. The quantitative estimate of drug-likeness (QED) is 0.558. The number of para-hydroxylation sites is 2. The van der Waals surface area contributed by atoms with E-state index in [9.17, 15) is 0 Å². The summed E-state index contributed by atoms with van der Waals surface area (Å²) in [7, 11) is 0. The lowest BCUT2D eigenvalue weighted by Crippen LogP contribution is -2.58. The summed E-state index contributed by atoms with van der Waals surface area (Å²) < 4.78 is 2.70. The number of piperidine rings is 2. The molecular formula is C29H44N4. The Morgan fingerprint density at radius 1 is 0.818 bits per heavy atom. The van der Waals surface area contributed by atoms with Crippen LogP contribution in [-0.2, 0) is 0 Å². The molecule has 4 fully saturated rings. The molecule has 0 spiro atoms. The highest BCUT2D eigenvalue weighted by Crippen LogP contribution is 2.46. The van der Waals surface area contributed by atoms with E-state index in [2.05, 4.69) is 52.9 Å². The highest BCUT2D eigenvalue weighted by molar-refractivity contribution is 5.76. The van der Waals surface area contributed by atoms with Gasteiger partial charge in [0, 0.05) is 24.2 Å². The summed E-state index contributed by atoms with van der Waals surface area (Å²) >= 11 is 0. The number of nitrogens with one attached hydrogen (secondary N) is 1. The maximum Gasteiger partial charge on any atom is 0.127 e. The van der Waals surface area contributed by atoms with Crippen molar-refractivity contribution in [3.8, 4) is 0 Å². The highest BCUT2D eigenvalue weighted by atomic mass is 15.3. The van der Waals surface area contributed by atoms with Crippen molar-refractivity contribution in [1.82, 2.24) is 19.8 Å². The molecule has 5 atom stereocenters. The van der Waals surface area contributed by atoms with Gasteiger partial charge in [-0.05, 0) is 88.3 Å². The number of nitrogens with zero attached hydrogens (tertiary/aromatic N) is 3. The minimum atomic E-state index is 0.434. The monoisotopic (exact) mass is 448 g/mol. The van der Waals surface area contributed by atoms with Crippen molar-refractivity contribution >= 4 is 11.0 Å². The second kappa shape index (κ2) is 9.34. The first-order valence-electron chi connectivity index (χ1n) is 14.2. The van der Waals surface area contributed by atoms with Gasteiger partial charge >= 0.3 is 0 Å². The van der Waals surface area contributed by atoms with Gasteiger partial charge in [0.05, 0.1) is 17.1 Å². The van der Waals surface area contributed by atoms with Crippen LogP contribution in [0.25, 0.3) is 11.0 Å². The Bertz CT molecular complexity index is 918. The number of fused-ring (bicyclic) bond motifs is 3. The van der Waals surface area contributed by atoms with Crippen LogP contribution in [-0.4, -0.2) is 39.1 Å². The second-order valence-corrected chi connectivity index (χ2v) is 11.7. The van der Waals surface area contributed by atoms with Crippen molar-refractivity contribution in [3.05, 3.63) is 30.1 Å². The van der Waals surface area contributed by atoms with Crippen molar-refractivity contribution in [2.45, 2.75) is 121 Å². The molecule has 180 valence electrons. The lowest BCUT2D eigenvalue weighted by Gasteiger charge is -2.55. The molecule has 4 heterocycles. The van der Waals surface area contributed by atoms with Crippen LogP contribution in [0.1, 0.15) is 109 Å². The summed E-state index contributed by atoms with van der Waals surface area (Å²) in [6.07, 6.45) is 16.5. The minimum absolute atomic E-state index is 0.434.